The van der Waals surface area contributed by atoms with Crippen molar-refractivity contribution in [3.8, 4) is 11.1 Å². The van der Waals surface area contributed by atoms with E-state index in [9.17, 15) is 43.9 Å². The molecule has 0 saturated carbocycles. The van der Waals surface area contributed by atoms with Crippen LogP contribution in [0.1, 0.15) is 11.1 Å². The van der Waals surface area contributed by atoms with Crippen molar-refractivity contribution in [2.45, 2.75) is 0 Å². The molecule has 2 rings (SSSR count). The summed E-state index contributed by atoms with van der Waals surface area (Å²) in [6.07, 6.45) is -6.05. The number of benzene rings is 2. The first-order chi connectivity index (χ1) is 14.0. The van der Waals surface area contributed by atoms with Crippen LogP contribution >= 0.6 is 0 Å². The lowest BCUT2D eigenvalue weighted by molar-refractivity contribution is 0.370. The van der Waals surface area contributed by atoms with Crippen LogP contribution in [0.5, 0.6) is 0 Å². The molecule has 2 aromatic carbocycles. The summed E-state index contributed by atoms with van der Waals surface area (Å²) in [5.41, 5.74) is -0.458. The first-order valence-corrected chi connectivity index (χ1v) is 7.78. The molecule has 0 amide bonds. The monoisotopic (exact) mass is 438 g/mol. The average Bonchev–Trinajstić information content (AvgIpc) is 2.76. The molecule has 0 spiro atoms. The Morgan fingerprint density at radius 2 is 0.633 bits per heavy atom. The molecule has 0 unspecified atom stereocenters. The van der Waals surface area contributed by atoms with Crippen molar-refractivity contribution in [2.75, 3.05) is 0 Å². The van der Waals surface area contributed by atoms with Crippen molar-refractivity contribution in [3.63, 3.8) is 0 Å². The summed E-state index contributed by atoms with van der Waals surface area (Å²) < 4.78 is 128. The SMILES string of the molecule is FC(F)=C(F)C(F)=C(F)c1ccc(-c2ccc(C(F)=C(F)C(F)=C(F)F)cc2)cc1. The van der Waals surface area contributed by atoms with Crippen LogP contribution in [-0.2, 0) is 0 Å². The minimum Gasteiger partial charge on any atom is -0.203 e. The Balaban J connectivity index is 2.33. The Morgan fingerprint density at radius 3 is 0.867 bits per heavy atom. The third-order valence-electron chi connectivity index (χ3n) is 3.71. The van der Waals surface area contributed by atoms with Crippen LogP contribution in [0.2, 0.25) is 0 Å². The molecule has 0 heterocycles. The van der Waals surface area contributed by atoms with Crippen molar-refractivity contribution in [1.29, 1.82) is 0 Å². The van der Waals surface area contributed by atoms with Crippen molar-refractivity contribution in [2.24, 2.45) is 0 Å². The van der Waals surface area contributed by atoms with Crippen molar-refractivity contribution < 1.29 is 43.9 Å². The molecule has 0 fully saturated rings. The summed E-state index contributed by atoms with van der Waals surface area (Å²) in [4.78, 5) is 0. The molecule has 0 radical (unpaired) electrons. The van der Waals surface area contributed by atoms with Gasteiger partial charge in [0.05, 0.1) is 0 Å². The molecule has 30 heavy (non-hydrogen) atoms. The van der Waals surface area contributed by atoms with Gasteiger partial charge < -0.3 is 0 Å². The maximum Gasteiger partial charge on any atom is 0.308 e. The predicted molar refractivity (Wildman–Crippen MR) is 90.9 cm³/mol. The second-order valence-corrected chi connectivity index (χ2v) is 5.56. The van der Waals surface area contributed by atoms with E-state index in [2.05, 4.69) is 0 Å². The van der Waals surface area contributed by atoms with E-state index in [1.807, 2.05) is 0 Å². The average molecular weight is 438 g/mol. The number of hydrogen-bond donors (Lipinski definition) is 0. The van der Waals surface area contributed by atoms with Gasteiger partial charge in [-0.25, -0.2) is 17.6 Å². The highest BCUT2D eigenvalue weighted by Crippen LogP contribution is 2.33. The summed E-state index contributed by atoms with van der Waals surface area (Å²) >= 11 is 0. The normalized spacial score (nSPS) is 12.7. The number of halogens is 10. The second-order valence-electron chi connectivity index (χ2n) is 5.56. The highest BCUT2D eigenvalue weighted by Gasteiger charge is 2.20. The maximum absolute atomic E-state index is 13.7. The van der Waals surface area contributed by atoms with Crippen LogP contribution in [0.25, 0.3) is 22.8 Å². The van der Waals surface area contributed by atoms with Gasteiger partial charge in [-0.05, 0) is 11.1 Å². The van der Waals surface area contributed by atoms with Gasteiger partial charge in [0, 0.05) is 11.1 Å². The molecule has 0 aliphatic heterocycles. The standard InChI is InChI=1S/C20H8F10/c21-13(15(23)17(25)19(27)28)11-5-1-9(2-6-11)10-3-7-12(8-4-10)14(22)16(24)18(26)20(29)30/h1-8H. The van der Waals surface area contributed by atoms with Gasteiger partial charge in [-0.2, -0.15) is 26.3 Å². The van der Waals surface area contributed by atoms with Crippen molar-refractivity contribution >= 4 is 11.7 Å². The Kier molecular flexibility index (Phi) is 7.25. The Morgan fingerprint density at radius 1 is 0.367 bits per heavy atom. The van der Waals surface area contributed by atoms with E-state index in [4.69, 9.17) is 0 Å². The molecule has 0 N–H and O–H groups in total. The molecule has 2 aromatic rings. The molecule has 0 aliphatic rings. The molecular formula is C20H8F10. The van der Waals surface area contributed by atoms with Gasteiger partial charge in [0.25, 0.3) is 0 Å². The molecule has 0 nitrogen and oxygen atoms in total. The van der Waals surface area contributed by atoms with E-state index < -0.39 is 58.2 Å². The molecule has 10 heteroatoms. The summed E-state index contributed by atoms with van der Waals surface area (Å²) in [6, 6.07) is 8.57. The minimum atomic E-state index is -3.03. The van der Waals surface area contributed by atoms with Gasteiger partial charge in [-0.1, -0.05) is 48.5 Å². The smallest absolute Gasteiger partial charge is 0.203 e. The number of hydrogen-bond acceptors (Lipinski definition) is 0. The highest BCUT2D eigenvalue weighted by molar-refractivity contribution is 5.72. The lowest BCUT2D eigenvalue weighted by Gasteiger charge is -2.06. The van der Waals surface area contributed by atoms with E-state index in [1.54, 1.807) is 0 Å². The van der Waals surface area contributed by atoms with Crippen LogP contribution in [0.15, 0.2) is 84.0 Å². The third-order valence-corrected chi connectivity index (χ3v) is 3.71. The Hall–Kier alpha value is -3.30. The van der Waals surface area contributed by atoms with Gasteiger partial charge >= 0.3 is 12.2 Å². The van der Waals surface area contributed by atoms with Gasteiger partial charge in [-0.3, -0.25) is 0 Å². The van der Waals surface area contributed by atoms with E-state index >= 15 is 0 Å². The molecule has 0 aliphatic carbocycles. The fourth-order valence-electron chi connectivity index (χ4n) is 2.23. The molecule has 0 aromatic heterocycles. The largest absolute Gasteiger partial charge is 0.308 e. The molecule has 0 saturated heterocycles. The fourth-order valence-corrected chi connectivity index (χ4v) is 2.23. The zero-order valence-corrected chi connectivity index (χ0v) is 14.4. The first-order valence-electron chi connectivity index (χ1n) is 7.78. The van der Waals surface area contributed by atoms with Crippen LogP contribution in [0.3, 0.4) is 0 Å². The van der Waals surface area contributed by atoms with E-state index in [0.29, 0.717) is 11.1 Å². The van der Waals surface area contributed by atoms with Crippen molar-refractivity contribution in [1.82, 2.24) is 0 Å². The molecular weight excluding hydrogens is 430 g/mol. The summed E-state index contributed by atoms with van der Waals surface area (Å²) in [7, 11) is 0. The zero-order chi connectivity index (χ0) is 22.6. The van der Waals surface area contributed by atoms with Gasteiger partial charge in [0.1, 0.15) is 0 Å². The highest BCUT2D eigenvalue weighted by atomic mass is 19.3. The molecule has 158 valence electrons. The molecule has 0 bridgehead atoms. The van der Waals surface area contributed by atoms with Crippen LogP contribution in [0.4, 0.5) is 43.9 Å². The molecule has 0 atom stereocenters. The van der Waals surface area contributed by atoms with Gasteiger partial charge in [0.2, 0.25) is 23.3 Å². The third kappa shape index (κ3) is 5.00. The predicted octanol–water partition coefficient (Wildman–Crippen LogP) is 8.72. The second kappa shape index (κ2) is 9.47. The lowest BCUT2D eigenvalue weighted by atomic mass is 10.0. The van der Waals surface area contributed by atoms with E-state index in [0.717, 1.165) is 24.3 Å². The topological polar surface area (TPSA) is 0 Å². The number of rotatable bonds is 5. The van der Waals surface area contributed by atoms with E-state index in [1.165, 1.54) is 24.3 Å². The minimum absolute atomic E-state index is 0.317. The van der Waals surface area contributed by atoms with Crippen molar-refractivity contribution in [3.05, 3.63) is 95.1 Å². The first kappa shape index (κ1) is 23.0. The Labute approximate surface area is 162 Å². The van der Waals surface area contributed by atoms with Crippen LogP contribution in [0, 0.1) is 0 Å². The van der Waals surface area contributed by atoms with Crippen LogP contribution in [-0.4, -0.2) is 0 Å². The lowest BCUT2D eigenvalue weighted by Crippen LogP contribution is -1.88. The summed E-state index contributed by atoms with van der Waals surface area (Å²) in [6.45, 7) is 0. The maximum atomic E-state index is 13.7. The Bertz CT molecular complexity index is 962. The number of allylic oxidation sites excluding steroid dienone is 4. The fraction of sp³-hybridized carbons (Fsp3) is 0. The quantitative estimate of drug-likeness (QED) is 0.324. The summed E-state index contributed by atoms with van der Waals surface area (Å²) in [5, 5.41) is 0. The summed E-state index contributed by atoms with van der Waals surface area (Å²) in [5.74, 6) is -13.7. The van der Waals surface area contributed by atoms with Gasteiger partial charge in [0.15, 0.2) is 11.7 Å². The van der Waals surface area contributed by atoms with Crippen LogP contribution < -0.4 is 0 Å². The van der Waals surface area contributed by atoms with E-state index in [-0.39, 0.29) is 0 Å². The zero-order valence-electron chi connectivity index (χ0n) is 14.4. The van der Waals surface area contributed by atoms with Gasteiger partial charge in [-0.15, -0.1) is 0 Å².